The lowest BCUT2D eigenvalue weighted by Gasteiger charge is -2.18. The summed E-state index contributed by atoms with van der Waals surface area (Å²) in [6, 6.07) is 0. The molecule has 19 heavy (non-hydrogen) atoms. The molecule has 1 atom stereocenters. The van der Waals surface area contributed by atoms with E-state index in [2.05, 4.69) is 36.1 Å². The SMILES string of the molecule is CCCNc1ncnc(OC(C)CC(C)C)c1OC. The minimum absolute atomic E-state index is 0.0998. The normalized spacial score (nSPS) is 12.3. The van der Waals surface area contributed by atoms with E-state index in [0.29, 0.717) is 23.4 Å². The van der Waals surface area contributed by atoms with Crippen LogP contribution in [0.3, 0.4) is 0 Å². The minimum Gasteiger partial charge on any atom is -0.489 e. The van der Waals surface area contributed by atoms with E-state index in [1.807, 2.05) is 6.92 Å². The summed E-state index contributed by atoms with van der Waals surface area (Å²) in [6.07, 6.45) is 3.60. The molecule has 0 saturated heterocycles. The molecule has 1 unspecified atom stereocenters. The Kier molecular flexibility index (Phi) is 6.39. The maximum atomic E-state index is 5.85. The number of nitrogens with zero attached hydrogens (tertiary/aromatic N) is 2. The van der Waals surface area contributed by atoms with Crippen molar-refractivity contribution in [1.29, 1.82) is 0 Å². The van der Waals surface area contributed by atoms with Gasteiger partial charge in [-0.2, -0.15) is 4.98 Å². The van der Waals surface area contributed by atoms with Gasteiger partial charge >= 0.3 is 0 Å². The van der Waals surface area contributed by atoms with Crippen LogP contribution in [0, 0.1) is 5.92 Å². The average Bonchev–Trinajstić information content (AvgIpc) is 2.35. The summed E-state index contributed by atoms with van der Waals surface area (Å²) in [5.41, 5.74) is 0. The molecule has 0 fully saturated rings. The monoisotopic (exact) mass is 267 g/mol. The van der Waals surface area contributed by atoms with Crippen LogP contribution in [-0.2, 0) is 0 Å². The topological polar surface area (TPSA) is 56.3 Å². The summed E-state index contributed by atoms with van der Waals surface area (Å²) < 4.78 is 11.2. The average molecular weight is 267 g/mol. The first-order chi connectivity index (χ1) is 9.08. The summed E-state index contributed by atoms with van der Waals surface area (Å²) >= 11 is 0. The number of ether oxygens (including phenoxy) is 2. The van der Waals surface area contributed by atoms with Gasteiger partial charge in [0.1, 0.15) is 6.33 Å². The summed E-state index contributed by atoms with van der Waals surface area (Å²) in [5, 5.41) is 3.21. The standard InChI is InChI=1S/C14H25N3O2/c1-6-7-15-13-12(18-5)14(17-9-16-13)19-11(4)8-10(2)3/h9-11H,6-8H2,1-5H3,(H,15,16,17). The maximum Gasteiger partial charge on any atom is 0.262 e. The van der Waals surface area contributed by atoms with Crippen molar-refractivity contribution < 1.29 is 9.47 Å². The molecule has 0 radical (unpaired) electrons. The van der Waals surface area contributed by atoms with Gasteiger partial charge in [-0.3, -0.25) is 0 Å². The second-order valence-corrected chi connectivity index (χ2v) is 5.05. The van der Waals surface area contributed by atoms with Gasteiger partial charge in [-0.15, -0.1) is 0 Å². The molecule has 1 heterocycles. The summed E-state index contributed by atoms with van der Waals surface area (Å²) in [5.74, 6) is 2.35. The second-order valence-electron chi connectivity index (χ2n) is 5.05. The summed E-state index contributed by atoms with van der Waals surface area (Å²) in [7, 11) is 1.61. The third-order valence-corrected chi connectivity index (χ3v) is 2.63. The van der Waals surface area contributed by atoms with Crippen LogP contribution in [0.2, 0.25) is 0 Å². The van der Waals surface area contributed by atoms with Crippen LogP contribution in [0.15, 0.2) is 6.33 Å². The first kappa shape index (κ1) is 15.5. The molecule has 0 saturated carbocycles. The molecule has 0 aliphatic heterocycles. The van der Waals surface area contributed by atoms with Crippen molar-refractivity contribution in [2.75, 3.05) is 19.0 Å². The minimum atomic E-state index is 0.0998. The molecule has 0 aromatic carbocycles. The molecule has 0 aliphatic carbocycles. The van der Waals surface area contributed by atoms with Gasteiger partial charge in [0.05, 0.1) is 13.2 Å². The zero-order valence-electron chi connectivity index (χ0n) is 12.6. The lowest BCUT2D eigenvalue weighted by molar-refractivity contribution is 0.177. The summed E-state index contributed by atoms with van der Waals surface area (Å²) in [6.45, 7) is 9.33. The highest BCUT2D eigenvalue weighted by Crippen LogP contribution is 2.32. The molecule has 1 rings (SSSR count). The predicted molar refractivity (Wildman–Crippen MR) is 76.9 cm³/mol. The molecular weight excluding hydrogens is 242 g/mol. The summed E-state index contributed by atoms with van der Waals surface area (Å²) in [4.78, 5) is 8.36. The molecule has 1 aromatic heterocycles. The number of anilines is 1. The lowest BCUT2D eigenvalue weighted by atomic mass is 10.1. The van der Waals surface area contributed by atoms with Crippen molar-refractivity contribution in [3.63, 3.8) is 0 Å². The van der Waals surface area contributed by atoms with E-state index in [9.17, 15) is 0 Å². The van der Waals surface area contributed by atoms with E-state index in [1.54, 1.807) is 7.11 Å². The van der Waals surface area contributed by atoms with E-state index >= 15 is 0 Å². The van der Waals surface area contributed by atoms with Gasteiger partial charge in [-0.25, -0.2) is 4.98 Å². The number of aromatic nitrogens is 2. The van der Waals surface area contributed by atoms with Crippen molar-refractivity contribution in [2.45, 2.75) is 46.6 Å². The highest BCUT2D eigenvalue weighted by atomic mass is 16.5. The van der Waals surface area contributed by atoms with E-state index < -0.39 is 0 Å². The van der Waals surface area contributed by atoms with Gasteiger partial charge in [0.2, 0.25) is 5.75 Å². The number of hydrogen-bond acceptors (Lipinski definition) is 5. The highest BCUT2D eigenvalue weighted by molar-refractivity contribution is 5.55. The van der Waals surface area contributed by atoms with Crippen LogP contribution in [0.5, 0.6) is 11.6 Å². The van der Waals surface area contributed by atoms with Crippen molar-refractivity contribution >= 4 is 5.82 Å². The molecule has 1 aromatic rings. The van der Waals surface area contributed by atoms with E-state index in [4.69, 9.17) is 9.47 Å². The van der Waals surface area contributed by atoms with Gasteiger partial charge in [0.25, 0.3) is 5.88 Å². The van der Waals surface area contributed by atoms with Gasteiger partial charge in [-0.1, -0.05) is 20.8 Å². The Bertz CT molecular complexity index is 383. The fraction of sp³-hybridized carbons (Fsp3) is 0.714. The largest absolute Gasteiger partial charge is 0.489 e. The van der Waals surface area contributed by atoms with E-state index in [0.717, 1.165) is 19.4 Å². The van der Waals surface area contributed by atoms with Crippen molar-refractivity contribution in [3.05, 3.63) is 6.33 Å². The molecule has 5 heteroatoms. The third kappa shape index (κ3) is 4.93. The van der Waals surface area contributed by atoms with Crippen molar-refractivity contribution in [2.24, 2.45) is 5.92 Å². The van der Waals surface area contributed by atoms with Crippen LogP contribution in [-0.4, -0.2) is 29.7 Å². The van der Waals surface area contributed by atoms with Crippen LogP contribution in [0.25, 0.3) is 0 Å². The van der Waals surface area contributed by atoms with E-state index in [1.165, 1.54) is 6.33 Å². The molecule has 5 nitrogen and oxygen atoms in total. The molecular formula is C14H25N3O2. The Morgan fingerprint density at radius 1 is 1.26 bits per heavy atom. The molecule has 0 spiro atoms. The Morgan fingerprint density at radius 3 is 2.58 bits per heavy atom. The first-order valence-electron chi connectivity index (χ1n) is 6.88. The highest BCUT2D eigenvalue weighted by Gasteiger charge is 2.16. The number of rotatable bonds is 8. The van der Waals surface area contributed by atoms with E-state index in [-0.39, 0.29) is 6.10 Å². The van der Waals surface area contributed by atoms with Crippen LogP contribution >= 0.6 is 0 Å². The second kappa shape index (κ2) is 7.81. The quantitative estimate of drug-likeness (QED) is 0.784. The number of hydrogen-bond donors (Lipinski definition) is 1. The van der Waals surface area contributed by atoms with Crippen LogP contribution < -0.4 is 14.8 Å². The Morgan fingerprint density at radius 2 is 2.00 bits per heavy atom. The van der Waals surface area contributed by atoms with Crippen LogP contribution in [0.4, 0.5) is 5.82 Å². The Balaban J connectivity index is 2.81. The first-order valence-corrected chi connectivity index (χ1v) is 6.88. The van der Waals surface area contributed by atoms with Gasteiger partial charge in [0, 0.05) is 6.54 Å². The van der Waals surface area contributed by atoms with Gasteiger partial charge in [0.15, 0.2) is 5.82 Å². The zero-order valence-corrected chi connectivity index (χ0v) is 12.6. The molecule has 0 amide bonds. The Labute approximate surface area is 115 Å². The maximum absolute atomic E-state index is 5.85. The molecule has 1 N–H and O–H groups in total. The van der Waals surface area contributed by atoms with Crippen molar-refractivity contribution in [3.8, 4) is 11.6 Å². The Hall–Kier alpha value is -1.52. The smallest absolute Gasteiger partial charge is 0.262 e. The number of nitrogens with one attached hydrogen (secondary N) is 1. The fourth-order valence-electron chi connectivity index (χ4n) is 1.90. The van der Waals surface area contributed by atoms with Gasteiger partial charge in [-0.05, 0) is 25.7 Å². The molecule has 0 aliphatic rings. The lowest BCUT2D eigenvalue weighted by Crippen LogP contribution is -2.16. The third-order valence-electron chi connectivity index (χ3n) is 2.63. The van der Waals surface area contributed by atoms with Crippen LogP contribution in [0.1, 0.15) is 40.5 Å². The fourth-order valence-corrected chi connectivity index (χ4v) is 1.90. The zero-order chi connectivity index (χ0) is 14.3. The molecule has 0 bridgehead atoms. The van der Waals surface area contributed by atoms with Gasteiger partial charge < -0.3 is 14.8 Å². The van der Waals surface area contributed by atoms with Crippen molar-refractivity contribution in [1.82, 2.24) is 9.97 Å². The molecule has 108 valence electrons. The number of methoxy groups -OCH3 is 1. The predicted octanol–water partition coefficient (Wildman–Crippen LogP) is 3.12.